The molecule has 1 aliphatic rings. The molecule has 1 aromatic heterocycles. The van der Waals surface area contributed by atoms with Gasteiger partial charge in [-0.2, -0.15) is 0 Å². The number of aromatic nitrogens is 2. The van der Waals surface area contributed by atoms with Crippen molar-refractivity contribution in [3.05, 3.63) is 61.9 Å². The molecule has 1 heterocycles. The molecule has 4 nitrogen and oxygen atoms in total. The molecule has 1 aliphatic carbocycles. The van der Waals surface area contributed by atoms with Crippen LogP contribution in [-0.4, -0.2) is 9.13 Å². The highest BCUT2D eigenvalue weighted by Crippen LogP contribution is 2.25. The highest BCUT2D eigenvalue weighted by molar-refractivity contribution is 6.31. The van der Waals surface area contributed by atoms with E-state index in [1.54, 1.807) is 35.2 Å². The first kappa shape index (κ1) is 15.1. The second kappa shape index (κ2) is 6.13. The summed E-state index contributed by atoms with van der Waals surface area (Å²) in [6.07, 6.45) is 8.10. The van der Waals surface area contributed by atoms with Gasteiger partial charge in [0.25, 0.3) is 0 Å². The molecule has 5 heteroatoms. The lowest BCUT2D eigenvalue weighted by Crippen LogP contribution is -2.40. The molecule has 0 spiro atoms. The Hall–Kier alpha value is -1.81. The van der Waals surface area contributed by atoms with E-state index in [0.717, 1.165) is 18.4 Å². The Morgan fingerprint density at radius 3 is 2.59 bits per heavy atom. The maximum Gasteiger partial charge on any atom is 0.320 e. The molecule has 1 saturated carbocycles. The van der Waals surface area contributed by atoms with E-state index < -0.39 is 11.1 Å². The van der Waals surface area contributed by atoms with Gasteiger partial charge in [-0.15, -0.1) is 0 Å². The Morgan fingerprint density at radius 2 is 1.86 bits per heavy atom. The normalized spacial score (nSPS) is 15.4. The number of rotatable bonds is 3. The van der Waals surface area contributed by atoms with Crippen molar-refractivity contribution in [1.82, 2.24) is 9.13 Å². The van der Waals surface area contributed by atoms with Crippen molar-refractivity contribution >= 4 is 11.6 Å². The third-order valence-corrected chi connectivity index (χ3v) is 4.90. The second-order valence-electron chi connectivity index (χ2n) is 5.97. The van der Waals surface area contributed by atoms with Crippen molar-refractivity contribution in [2.24, 2.45) is 5.92 Å². The molecule has 0 amide bonds. The van der Waals surface area contributed by atoms with Crippen LogP contribution in [0.2, 0.25) is 5.02 Å². The number of hydrogen-bond acceptors (Lipinski definition) is 2. The van der Waals surface area contributed by atoms with Crippen LogP contribution in [-0.2, 0) is 6.54 Å². The Morgan fingerprint density at radius 1 is 1.14 bits per heavy atom. The predicted molar refractivity (Wildman–Crippen MR) is 88.0 cm³/mol. The standard InChI is InChI=1S/C17H19ClN2O2/c1-12-14(18)7-4-8-15(12)20-10-9-19(16(21)17(20)22)11-13-5-2-3-6-13/h4,7-10,13H,2-3,5-6,11H2,1H3. The summed E-state index contributed by atoms with van der Waals surface area (Å²) >= 11 is 6.10. The molecular weight excluding hydrogens is 300 g/mol. The first-order valence-corrected chi connectivity index (χ1v) is 8.03. The Bertz CT molecular complexity index is 801. The van der Waals surface area contributed by atoms with Crippen LogP contribution in [0.3, 0.4) is 0 Å². The van der Waals surface area contributed by atoms with E-state index in [-0.39, 0.29) is 0 Å². The average Bonchev–Trinajstić information content (AvgIpc) is 3.01. The smallest absolute Gasteiger partial charge is 0.309 e. The van der Waals surface area contributed by atoms with E-state index in [9.17, 15) is 9.59 Å². The molecule has 0 bridgehead atoms. The number of nitrogens with zero attached hydrogens (tertiary/aromatic N) is 2. The van der Waals surface area contributed by atoms with Crippen molar-refractivity contribution in [1.29, 1.82) is 0 Å². The van der Waals surface area contributed by atoms with Gasteiger partial charge in [-0.25, -0.2) is 0 Å². The fourth-order valence-corrected chi connectivity index (χ4v) is 3.34. The molecule has 1 aromatic carbocycles. The van der Waals surface area contributed by atoms with Crippen LogP contribution in [0.15, 0.2) is 40.2 Å². The molecule has 1 fully saturated rings. The van der Waals surface area contributed by atoms with Gasteiger partial charge in [0.1, 0.15) is 0 Å². The van der Waals surface area contributed by atoms with E-state index in [1.165, 1.54) is 17.4 Å². The average molecular weight is 319 g/mol. The molecular formula is C17H19ClN2O2. The number of hydrogen-bond donors (Lipinski definition) is 0. The van der Waals surface area contributed by atoms with Gasteiger partial charge < -0.3 is 4.57 Å². The van der Waals surface area contributed by atoms with E-state index in [4.69, 9.17) is 11.6 Å². The van der Waals surface area contributed by atoms with Crippen molar-refractivity contribution in [3.8, 4) is 5.69 Å². The Kier molecular flexibility index (Phi) is 4.21. The van der Waals surface area contributed by atoms with E-state index in [2.05, 4.69) is 0 Å². The summed E-state index contributed by atoms with van der Waals surface area (Å²) in [5.41, 5.74) is 0.460. The highest BCUT2D eigenvalue weighted by Gasteiger charge is 2.17. The van der Waals surface area contributed by atoms with Crippen LogP contribution in [0, 0.1) is 12.8 Å². The van der Waals surface area contributed by atoms with Crippen LogP contribution in [0.4, 0.5) is 0 Å². The van der Waals surface area contributed by atoms with Crippen LogP contribution in [0.5, 0.6) is 0 Å². The monoisotopic (exact) mass is 318 g/mol. The topological polar surface area (TPSA) is 44.0 Å². The van der Waals surface area contributed by atoms with Crippen molar-refractivity contribution < 1.29 is 0 Å². The third kappa shape index (κ3) is 2.75. The summed E-state index contributed by atoms with van der Waals surface area (Å²) in [5, 5.41) is 0.583. The summed E-state index contributed by atoms with van der Waals surface area (Å²) in [6.45, 7) is 2.48. The molecule has 0 saturated heterocycles. The minimum Gasteiger partial charge on any atom is -0.309 e. The van der Waals surface area contributed by atoms with Crippen molar-refractivity contribution in [3.63, 3.8) is 0 Å². The van der Waals surface area contributed by atoms with Gasteiger partial charge in [-0.3, -0.25) is 14.2 Å². The summed E-state index contributed by atoms with van der Waals surface area (Å²) in [4.78, 5) is 24.8. The molecule has 2 aromatic rings. The van der Waals surface area contributed by atoms with Gasteiger partial charge in [-0.1, -0.05) is 30.5 Å². The van der Waals surface area contributed by atoms with E-state index >= 15 is 0 Å². The first-order valence-electron chi connectivity index (χ1n) is 7.65. The zero-order valence-electron chi connectivity index (χ0n) is 12.6. The lowest BCUT2D eigenvalue weighted by atomic mass is 10.1. The fourth-order valence-electron chi connectivity index (χ4n) is 3.17. The molecule has 0 N–H and O–H groups in total. The number of benzene rings is 1. The van der Waals surface area contributed by atoms with Crippen molar-refractivity contribution in [2.75, 3.05) is 0 Å². The van der Waals surface area contributed by atoms with E-state index in [1.807, 2.05) is 6.92 Å². The fraction of sp³-hybridized carbons (Fsp3) is 0.412. The lowest BCUT2D eigenvalue weighted by molar-refractivity contribution is 0.444. The van der Waals surface area contributed by atoms with Gasteiger partial charge >= 0.3 is 11.1 Å². The maximum atomic E-state index is 12.4. The molecule has 3 rings (SSSR count). The van der Waals surface area contributed by atoms with Gasteiger partial charge in [0, 0.05) is 24.0 Å². The molecule has 0 aliphatic heterocycles. The lowest BCUT2D eigenvalue weighted by Gasteiger charge is -2.14. The number of halogens is 1. The molecule has 0 radical (unpaired) electrons. The largest absolute Gasteiger partial charge is 0.320 e. The van der Waals surface area contributed by atoms with Gasteiger partial charge in [0.2, 0.25) is 0 Å². The summed E-state index contributed by atoms with van der Waals surface area (Å²) in [7, 11) is 0. The van der Waals surface area contributed by atoms with Crippen LogP contribution >= 0.6 is 11.6 Å². The first-order chi connectivity index (χ1) is 10.6. The predicted octanol–water partition coefficient (Wildman–Crippen LogP) is 3.15. The van der Waals surface area contributed by atoms with Gasteiger partial charge in [0.15, 0.2) is 0 Å². The third-order valence-electron chi connectivity index (χ3n) is 4.49. The van der Waals surface area contributed by atoms with E-state index in [0.29, 0.717) is 23.2 Å². The Balaban J connectivity index is 2.01. The SMILES string of the molecule is Cc1c(Cl)cccc1-n1ccn(CC2CCCC2)c(=O)c1=O. The minimum absolute atomic E-state index is 0.464. The zero-order chi connectivity index (χ0) is 15.7. The Labute approximate surface area is 134 Å². The molecule has 116 valence electrons. The van der Waals surface area contributed by atoms with Crippen LogP contribution in [0.1, 0.15) is 31.2 Å². The summed E-state index contributed by atoms with van der Waals surface area (Å²) in [5.74, 6) is 0.515. The van der Waals surface area contributed by atoms with Crippen molar-refractivity contribution in [2.45, 2.75) is 39.2 Å². The second-order valence-corrected chi connectivity index (χ2v) is 6.37. The summed E-state index contributed by atoms with van der Waals surface area (Å²) in [6, 6.07) is 5.34. The van der Waals surface area contributed by atoms with Crippen LogP contribution in [0.25, 0.3) is 5.69 Å². The van der Waals surface area contributed by atoms with Gasteiger partial charge in [-0.05, 0) is 43.4 Å². The van der Waals surface area contributed by atoms with Crippen LogP contribution < -0.4 is 11.1 Å². The minimum atomic E-state index is -0.522. The van der Waals surface area contributed by atoms with Gasteiger partial charge in [0.05, 0.1) is 5.69 Å². The maximum absolute atomic E-state index is 12.4. The molecule has 22 heavy (non-hydrogen) atoms. The summed E-state index contributed by atoms with van der Waals surface area (Å²) < 4.78 is 2.93. The zero-order valence-corrected chi connectivity index (χ0v) is 13.3. The molecule has 0 atom stereocenters. The quantitative estimate of drug-likeness (QED) is 0.816. The highest BCUT2D eigenvalue weighted by atomic mass is 35.5. The molecule has 0 unspecified atom stereocenters.